The van der Waals surface area contributed by atoms with Crippen LogP contribution in [0.1, 0.15) is 17.8 Å². The topological polar surface area (TPSA) is 38.0 Å². The Balaban J connectivity index is 2.03. The second kappa shape index (κ2) is 4.90. The minimum absolute atomic E-state index is 0.236. The zero-order chi connectivity index (χ0) is 13.2. The lowest BCUT2D eigenvalue weighted by Crippen LogP contribution is -2.05. The molecule has 1 atom stereocenters. The van der Waals surface area contributed by atoms with Gasteiger partial charge in [-0.3, -0.25) is 0 Å². The normalized spacial score (nSPS) is 12.5. The molecule has 0 bridgehead atoms. The predicted octanol–water partition coefficient (Wildman–Crippen LogP) is 3.93. The summed E-state index contributed by atoms with van der Waals surface area (Å²) in [5, 5.41) is 11.7. The number of phenols is 1. The van der Waals surface area contributed by atoms with E-state index < -0.39 is 0 Å². The van der Waals surface area contributed by atoms with Crippen LogP contribution < -0.4 is 0 Å². The minimum atomic E-state index is 0.236. The number of nitrogens with zero attached hydrogens (tertiary/aromatic N) is 2. The van der Waals surface area contributed by atoms with Crippen LogP contribution in [0.15, 0.2) is 54.2 Å². The Kier molecular flexibility index (Phi) is 3.09. The maximum Gasteiger partial charge on any atom is 0.140 e. The molecule has 3 rings (SSSR count). The van der Waals surface area contributed by atoms with Crippen molar-refractivity contribution in [2.24, 2.45) is 0 Å². The lowest BCUT2D eigenvalue weighted by molar-refractivity contribution is 0.475. The summed E-state index contributed by atoms with van der Waals surface area (Å²) in [6.45, 7) is 2.15. The van der Waals surface area contributed by atoms with Gasteiger partial charge in [0.15, 0.2) is 0 Å². The summed E-state index contributed by atoms with van der Waals surface area (Å²) in [6, 6.07) is 11.6. The van der Waals surface area contributed by atoms with Crippen LogP contribution in [0.3, 0.4) is 0 Å². The summed E-state index contributed by atoms with van der Waals surface area (Å²) in [5.74, 6) is 1.13. The fraction of sp³-hybridized carbons (Fsp3) is 0.133. The summed E-state index contributed by atoms with van der Waals surface area (Å²) in [4.78, 5) is 5.71. The lowest BCUT2D eigenvalue weighted by Gasteiger charge is -2.15. The molecule has 0 saturated carbocycles. The van der Waals surface area contributed by atoms with Gasteiger partial charge in [0.1, 0.15) is 11.6 Å². The summed E-state index contributed by atoms with van der Waals surface area (Å²) < 4.78 is 2.13. The molecular weight excluding hydrogens is 256 g/mol. The Morgan fingerprint density at radius 3 is 2.89 bits per heavy atom. The van der Waals surface area contributed by atoms with Crippen molar-refractivity contribution in [3.8, 4) is 17.1 Å². The van der Waals surface area contributed by atoms with E-state index in [0.29, 0.717) is 0 Å². The van der Waals surface area contributed by atoms with Gasteiger partial charge in [0.25, 0.3) is 0 Å². The van der Waals surface area contributed by atoms with E-state index in [4.69, 9.17) is 0 Å². The molecule has 0 aliphatic carbocycles. The SMILES string of the molecule is C[C@@H](c1cccs1)n1ccnc1-c1cccc(O)c1. The van der Waals surface area contributed by atoms with E-state index in [1.165, 1.54) is 4.88 Å². The van der Waals surface area contributed by atoms with Crippen molar-refractivity contribution in [3.05, 3.63) is 59.0 Å². The predicted molar refractivity (Wildman–Crippen MR) is 77.5 cm³/mol. The van der Waals surface area contributed by atoms with Crippen molar-refractivity contribution in [1.82, 2.24) is 9.55 Å². The Labute approximate surface area is 115 Å². The second-order valence-electron chi connectivity index (χ2n) is 4.40. The first-order valence-electron chi connectivity index (χ1n) is 6.11. The maximum atomic E-state index is 9.59. The Morgan fingerprint density at radius 2 is 2.16 bits per heavy atom. The van der Waals surface area contributed by atoms with Crippen molar-refractivity contribution in [3.63, 3.8) is 0 Å². The van der Waals surface area contributed by atoms with Gasteiger partial charge in [-0.15, -0.1) is 11.3 Å². The van der Waals surface area contributed by atoms with Crippen LogP contribution in [0.2, 0.25) is 0 Å². The standard InChI is InChI=1S/C15H14N2OS/c1-11(14-6-3-9-19-14)17-8-7-16-15(17)12-4-2-5-13(18)10-12/h2-11,18H,1H3/t11-/m0/s1. The molecule has 3 nitrogen and oxygen atoms in total. The quantitative estimate of drug-likeness (QED) is 0.783. The number of benzene rings is 1. The molecule has 4 heteroatoms. The van der Waals surface area contributed by atoms with Crippen molar-refractivity contribution in [1.29, 1.82) is 0 Å². The molecule has 0 spiro atoms. The molecule has 1 aromatic carbocycles. The Hall–Kier alpha value is -2.07. The summed E-state index contributed by atoms with van der Waals surface area (Å²) in [6.07, 6.45) is 3.77. The number of thiophene rings is 1. The van der Waals surface area contributed by atoms with Gasteiger partial charge in [-0.25, -0.2) is 4.98 Å². The van der Waals surface area contributed by atoms with Gasteiger partial charge >= 0.3 is 0 Å². The molecule has 3 aromatic rings. The third-order valence-electron chi connectivity index (χ3n) is 3.15. The monoisotopic (exact) mass is 270 g/mol. The molecule has 2 heterocycles. The van der Waals surface area contributed by atoms with Crippen LogP contribution in [-0.2, 0) is 0 Å². The highest BCUT2D eigenvalue weighted by atomic mass is 32.1. The molecule has 0 aliphatic rings. The van der Waals surface area contributed by atoms with Gasteiger partial charge in [0.2, 0.25) is 0 Å². The maximum absolute atomic E-state index is 9.59. The number of aromatic nitrogens is 2. The zero-order valence-corrected chi connectivity index (χ0v) is 11.3. The third-order valence-corrected chi connectivity index (χ3v) is 4.19. The van der Waals surface area contributed by atoms with Crippen LogP contribution in [0.4, 0.5) is 0 Å². The number of aromatic hydroxyl groups is 1. The van der Waals surface area contributed by atoms with Crippen LogP contribution in [0, 0.1) is 0 Å². The van der Waals surface area contributed by atoms with Gasteiger partial charge in [-0.05, 0) is 30.5 Å². The molecule has 0 amide bonds. The molecule has 0 saturated heterocycles. The molecule has 1 N–H and O–H groups in total. The number of imidazole rings is 1. The van der Waals surface area contributed by atoms with Crippen LogP contribution in [0.5, 0.6) is 5.75 Å². The highest BCUT2D eigenvalue weighted by Gasteiger charge is 2.14. The highest BCUT2D eigenvalue weighted by molar-refractivity contribution is 7.10. The van der Waals surface area contributed by atoms with E-state index in [1.54, 1.807) is 29.7 Å². The van der Waals surface area contributed by atoms with Crippen molar-refractivity contribution in [2.75, 3.05) is 0 Å². The van der Waals surface area contributed by atoms with Crippen molar-refractivity contribution in [2.45, 2.75) is 13.0 Å². The molecule has 0 unspecified atom stereocenters. The van der Waals surface area contributed by atoms with E-state index in [2.05, 4.69) is 34.0 Å². The third kappa shape index (κ3) is 2.27. The molecule has 19 heavy (non-hydrogen) atoms. The molecule has 0 radical (unpaired) electrons. The van der Waals surface area contributed by atoms with E-state index in [-0.39, 0.29) is 11.8 Å². The van der Waals surface area contributed by atoms with E-state index in [9.17, 15) is 5.11 Å². The average Bonchev–Trinajstić information content (AvgIpc) is 3.09. The van der Waals surface area contributed by atoms with E-state index >= 15 is 0 Å². The largest absolute Gasteiger partial charge is 0.508 e. The van der Waals surface area contributed by atoms with Crippen molar-refractivity contribution < 1.29 is 5.11 Å². The Morgan fingerprint density at radius 1 is 1.26 bits per heavy atom. The van der Waals surface area contributed by atoms with Crippen LogP contribution in [-0.4, -0.2) is 14.7 Å². The van der Waals surface area contributed by atoms with Gasteiger partial charge in [-0.2, -0.15) is 0 Å². The van der Waals surface area contributed by atoms with E-state index in [0.717, 1.165) is 11.4 Å². The summed E-state index contributed by atoms with van der Waals surface area (Å²) >= 11 is 1.74. The zero-order valence-electron chi connectivity index (χ0n) is 10.5. The number of rotatable bonds is 3. The van der Waals surface area contributed by atoms with Gasteiger partial charge in [0, 0.05) is 22.8 Å². The summed E-state index contributed by atoms with van der Waals surface area (Å²) in [5.41, 5.74) is 0.924. The summed E-state index contributed by atoms with van der Waals surface area (Å²) in [7, 11) is 0. The number of hydrogen-bond donors (Lipinski definition) is 1. The lowest BCUT2D eigenvalue weighted by atomic mass is 10.2. The average molecular weight is 270 g/mol. The highest BCUT2D eigenvalue weighted by Crippen LogP contribution is 2.29. The first kappa shape index (κ1) is 12.0. The number of phenolic OH excluding ortho intramolecular Hbond substituents is 1. The first-order valence-corrected chi connectivity index (χ1v) is 6.99. The fourth-order valence-electron chi connectivity index (χ4n) is 2.16. The van der Waals surface area contributed by atoms with Crippen LogP contribution in [0.25, 0.3) is 11.4 Å². The molecule has 0 fully saturated rings. The van der Waals surface area contributed by atoms with E-state index in [1.807, 2.05) is 18.3 Å². The minimum Gasteiger partial charge on any atom is -0.508 e. The Bertz CT molecular complexity index is 673. The number of hydrogen-bond acceptors (Lipinski definition) is 3. The molecular formula is C15H14N2OS. The second-order valence-corrected chi connectivity index (χ2v) is 5.38. The molecule has 2 aromatic heterocycles. The van der Waals surface area contributed by atoms with Crippen molar-refractivity contribution >= 4 is 11.3 Å². The molecule has 96 valence electrons. The van der Waals surface area contributed by atoms with Gasteiger partial charge in [-0.1, -0.05) is 18.2 Å². The smallest absolute Gasteiger partial charge is 0.140 e. The van der Waals surface area contributed by atoms with Gasteiger partial charge < -0.3 is 9.67 Å². The van der Waals surface area contributed by atoms with Crippen LogP contribution >= 0.6 is 11.3 Å². The molecule has 0 aliphatic heterocycles. The fourth-order valence-corrected chi connectivity index (χ4v) is 2.94. The van der Waals surface area contributed by atoms with Gasteiger partial charge in [0.05, 0.1) is 6.04 Å². The first-order chi connectivity index (χ1) is 9.25.